The molecular weight excluding hydrogens is 407 g/mol. The summed E-state index contributed by atoms with van der Waals surface area (Å²) in [5.41, 5.74) is 0.0590. The van der Waals surface area contributed by atoms with Crippen molar-refractivity contribution in [2.45, 2.75) is 6.18 Å². The number of halogens is 4. The summed E-state index contributed by atoms with van der Waals surface area (Å²) in [5, 5.41) is 11.9. The van der Waals surface area contributed by atoms with Crippen molar-refractivity contribution in [2.75, 3.05) is 42.9 Å². The highest BCUT2D eigenvalue weighted by Crippen LogP contribution is 2.29. The van der Waals surface area contributed by atoms with Crippen molar-refractivity contribution in [2.24, 2.45) is 0 Å². The van der Waals surface area contributed by atoms with E-state index in [1.165, 1.54) is 18.2 Å². The van der Waals surface area contributed by atoms with Crippen LogP contribution in [0.25, 0.3) is 0 Å². The van der Waals surface area contributed by atoms with Gasteiger partial charge < -0.3 is 10.2 Å². The summed E-state index contributed by atoms with van der Waals surface area (Å²) < 4.78 is 37.9. The van der Waals surface area contributed by atoms with E-state index in [9.17, 15) is 18.0 Å². The van der Waals surface area contributed by atoms with Gasteiger partial charge in [-0.3, -0.25) is 9.69 Å². The number of benzene rings is 1. The molecule has 1 aliphatic rings. The molecule has 1 saturated heterocycles. The molecule has 1 amide bonds. The van der Waals surface area contributed by atoms with Crippen LogP contribution in [0.3, 0.4) is 0 Å². The Morgan fingerprint density at radius 1 is 1.21 bits per heavy atom. The van der Waals surface area contributed by atoms with Crippen LogP contribution in [0.5, 0.6) is 0 Å². The molecule has 0 bridgehead atoms. The zero-order valence-corrected chi connectivity index (χ0v) is 16.0. The van der Waals surface area contributed by atoms with Gasteiger partial charge in [0.15, 0.2) is 0 Å². The number of amides is 1. The molecule has 0 unspecified atom stereocenters. The average Bonchev–Trinajstić information content (AvgIpc) is 2.68. The Morgan fingerprint density at radius 3 is 2.48 bits per heavy atom. The van der Waals surface area contributed by atoms with Crippen molar-refractivity contribution >= 4 is 29.0 Å². The lowest BCUT2D eigenvalue weighted by molar-refractivity contribution is -0.137. The SMILES string of the molecule is N#Cc1ccc(NC(=O)CN2CCN(c3ccc(C(F)(F)F)cn3)CC2)cc1Cl. The predicted octanol–water partition coefficient (Wildman–Crippen LogP) is 3.39. The summed E-state index contributed by atoms with van der Waals surface area (Å²) in [6.45, 7) is 2.42. The fourth-order valence-corrected chi connectivity index (χ4v) is 3.19. The molecule has 2 heterocycles. The van der Waals surface area contributed by atoms with Crippen molar-refractivity contribution in [3.05, 3.63) is 52.7 Å². The third-order valence-electron chi connectivity index (χ3n) is 4.51. The Hall–Kier alpha value is -2.83. The van der Waals surface area contributed by atoms with Gasteiger partial charge in [0.05, 0.1) is 22.7 Å². The molecule has 1 aromatic heterocycles. The van der Waals surface area contributed by atoms with Crippen LogP contribution in [-0.4, -0.2) is 48.5 Å². The molecule has 0 saturated carbocycles. The van der Waals surface area contributed by atoms with E-state index >= 15 is 0 Å². The fourth-order valence-electron chi connectivity index (χ4n) is 2.96. The number of piperazine rings is 1. The molecule has 1 aromatic carbocycles. The topological polar surface area (TPSA) is 72.3 Å². The second kappa shape index (κ2) is 8.68. The number of nitriles is 1. The lowest BCUT2D eigenvalue weighted by atomic mass is 10.2. The number of nitrogens with one attached hydrogen (secondary N) is 1. The highest BCUT2D eigenvalue weighted by Gasteiger charge is 2.31. The maximum atomic E-state index is 12.6. The minimum Gasteiger partial charge on any atom is -0.354 e. The van der Waals surface area contributed by atoms with Gasteiger partial charge in [-0.15, -0.1) is 0 Å². The van der Waals surface area contributed by atoms with Crippen molar-refractivity contribution < 1.29 is 18.0 Å². The number of carbonyl (C=O) groups is 1. The van der Waals surface area contributed by atoms with E-state index in [1.807, 2.05) is 15.9 Å². The molecular formula is C19H17ClF3N5O. The van der Waals surface area contributed by atoms with Crippen LogP contribution >= 0.6 is 11.6 Å². The van der Waals surface area contributed by atoms with Gasteiger partial charge in [0.25, 0.3) is 0 Å². The normalized spacial score (nSPS) is 15.1. The second-order valence-corrected chi connectivity index (χ2v) is 6.93. The van der Waals surface area contributed by atoms with Gasteiger partial charge in [-0.05, 0) is 30.3 Å². The molecule has 152 valence electrons. The Kier molecular flexibility index (Phi) is 6.25. The lowest BCUT2D eigenvalue weighted by Gasteiger charge is -2.35. The third-order valence-corrected chi connectivity index (χ3v) is 4.82. The van der Waals surface area contributed by atoms with Gasteiger partial charge in [-0.25, -0.2) is 4.98 Å². The van der Waals surface area contributed by atoms with Crippen LogP contribution in [0.4, 0.5) is 24.7 Å². The van der Waals surface area contributed by atoms with Crippen LogP contribution in [0, 0.1) is 11.3 Å². The summed E-state index contributed by atoms with van der Waals surface area (Å²) in [6.07, 6.45) is -3.57. The number of carbonyl (C=O) groups excluding carboxylic acids is 1. The van der Waals surface area contributed by atoms with Gasteiger partial charge in [0.2, 0.25) is 5.91 Å². The molecule has 2 aromatic rings. The van der Waals surface area contributed by atoms with Crippen LogP contribution in [0.2, 0.25) is 5.02 Å². The van der Waals surface area contributed by atoms with Crippen molar-refractivity contribution in [3.63, 3.8) is 0 Å². The molecule has 29 heavy (non-hydrogen) atoms. The molecule has 6 nitrogen and oxygen atoms in total. The quantitative estimate of drug-likeness (QED) is 0.816. The molecule has 10 heteroatoms. The summed E-state index contributed by atoms with van der Waals surface area (Å²) in [7, 11) is 0. The Bertz CT molecular complexity index is 919. The predicted molar refractivity (Wildman–Crippen MR) is 103 cm³/mol. The Labute approximate surface area is 170 Å². The number of anilines is 2. The summed E-state index contributed by atoms with van der Waals surface area (Å²) in [5.74, 6) is 0.265. The van der Waals surface area contributed by atoms with E-state index in [2.05, 4.69) is 10.3 Å². The first-order chi connectivity index (χ1) is 13.8. The Balaban J connectivity index is 1.50. The lowest BCUT2D eigenvalue weighted by Crippen LogP contribution is -2.48. The van der Waals surface area contributed by atoms with E-state index < -0.39 is 11.7 Å². The highest BCUT2D eigenvalue weighted by molar-refractivity contribution is 6.32. The first-order valence-electron chi connectivity index (χ1n) is 8.76. The summed E-state index contributed by atoms with van der Waals surface area (Å²) in [4.78, 5) is 20.0. The number of nitrogens with zero attached hydrogens (tertiary/aromatic N) is 4. The maximum Gasteiger partial charge on any atom is 0.417 e. The van der Waals surface area contributed by atoms with E-state index in [4.69, 9.17) is 16.9 Å². The van der Waals surface area contributed by atoms with Gasteiger partial charge in [-0.2, -0.15) is 18.4 Å². The highest BCUT2D eigenvalue weighted by atomic mass is 35.5. The molecule has 1 fully saturated rings. The zero-order chi connectivity index (χ0) is 21.0. The summed E-state index contributed by atoms with van der Waals surface area (Å²) in [6, 6.07) is 8.99. The third kappa shape index (κ3) is 5.37. The van der Waals surface area contributed by atoms with Crippen LogP contribution in [0.1, 0.15) is 11.1 Å². The second-order valence-electron chi connectivity index (χ2n) is 6.52. The smallest absolute Gasteiger partial charge is 0.354 e. The van der Waals surface area contributed by atoms with E-state index in [1.54, 1.807) is 6.07 Å². The minimum atomic E-state index is -4.41. The molecule has 1 N–H and O–H groups in total. The molecule has 0 atom stereocenters. The van der Waals surface area contributed by atoms with E-state index in [-0.39, 0.29) is 17.5 Å². The van der Waals surface area contributed by atoms with Gasteiger partial charge in [-0.1, -0.05) is 11.6 Å². The van der Waals surface area contributed by atoms with Crippen LogP contribution in [0.15, 0.2) is 36.5 Å². The number of rotatable bonds is 4. The molecule has 0 aliphatic carbocycles. The van der Waals surface area contributed by atoms with Crippen LogP contribution in [-0.2, 0) is 11.0 Å². The number of alkyl halides is 3. The largest absolute Gasteiger partial charge is 0.417 e. The standard InChI is InChI=1S/C19H17ClF3N5O/c20-16-9-15(3-1-13(16)10-24)26-18(29)12-27-5-7-28(8-6-27)17-4-2-14(11-25-17)19(21,22)23/h1-4,9,11H,5-8,12H2,(H,26,29). The number of hydrogen-bond donors (Lipinski definition) is 1. The number of hydrogen-bond acceptors (Lipinski definition) is 5. The molecule has 3 rings (SSSR count). The minimum absolute atomic E-state index is 0.173. The van der Waals surface area contributed by atoms with Gasteiger partial charge in [0, 0.05) is 38.1 Å². The van der Waals surface area contributed by atoms with Gasteiger partial charge in [0.1, 0.15) is 11.9 Å². The number of aromatic nitrogens is 1. The molecule has 0 spiro atoms. The zero-order valence-electron chi connectivity index (χ0n) is 15.2. The molecule has 0 radical (unpaired) electrons. The summed E-state index contributed by atoms with van der Waals surface area (Å²) >= 11 is 5.96. The Morgan fingerprint density at radius 2 is 1.93 bits per heavy atom. The maximum absolute atomic E-state index is 12.6. The monoisotopic (exact) mass is 423 g/mol. The van der Waals surface area contributed by atoms with Crippen molar-refractivity contribution in [1.82, 2.24) is 9.88 Å². The first kappa shape index (κ1) is 20.9. The van der Waals surface area contributed by atoms with Gasteiger partial charge >= 0.3 is 6.18 Å². The number of pyridine rings is 1. The molecule has 1 aliphatic heterocycles. The van der Waals surface area contributed by atoms with Crippen molar-refractivity contribution in [1.29, 1.82) is 5.26 Å². The van der Waals surface area contributed by atoms with Crippen molar-refractivity contribution in [3.8, 4) is 6.07 Å². The first-order valence-corrected chi connectivity index (χ1v) is 9.14. The van der Waals surface area contributed by atoms with Crippen LogP contribution < -0.4 is 10.2 Å². The average molecular weight is 424 g/mol. The van der Waals surface area contributed by atoms with E-state index in [0.29, 0.717) is 43.2 Å². The fraction of sp³-hybridized carbons (Fsp3) is 0.316. The van der Waals surface area contributed by atoms with E-state index in [0.717, 1.165) is 12.3 Å².